The highest BCUT2D eigenvalue weighted by Gasteiger charge is 2.54. The highest BCUT2D eigenvalue weighted by Crippen LogP contribution is 2.51. The SMILES string of the molecule is CN1CC[C@@]2(c3ccccc3)CCCC[C@]2(O)C1. The van der Waals surface area contributed by atoms with Crippen LogP contribution >= 0.6 is 0 Å². The lowest BCUT2D eigenvalue weighted by Crippen LogP contribution is -2.63. The van der Waals surface area contributed by atoms with E-state index in [-0.39, 0.29) is 5.41 Å². The minimum absolute atomic E-state index is 0.000972. The van der Waals surface area contributed by atoms with Crippen molar-refractivity contribution >= 4 is 0 Å². The zero-order chi connectivity index (χ0) is 12.6. The lowest BCUT2D eigenvalue weighted by Gasteiger charge is -2.56. The van der Waals surface area contributed by atoms with E-state index in [1.165, 1.54) is 18.4 Å². The van der Waals surface area contributed by atoms with Crippen LogP contribution in [0.4, 0.5) is 0 Å². The topological polar surface area (TPSA) is 23.5 Å². The van der Waals surface area contributed by atoms with Crippen LogP contribution in [0.2, 0.25) is 0 Å². The Morgan fingerprint density at radius 2 is 1.78 bits per heavy atom. The summed E-state index contributed by atoms with van der Waals surface area (Å²) in [7, 11) is 2.13. The first kappa shape index (κ1) is 12.2. The van der Waals surface area contributed by atoms with Crippen LogP contribution in [0, 0.1) is 0 Å². The van der Waals surface area contributed by atoms with Crippen LogP contribution in [0.5, 0.6) is 0 Å². The molecule has 1 saturated heterocycles. The van der Waals surface area contributed by atoms with E-state index in [4.69, 9.17) is 0 Å². The molecule has 1 heterocycles. The molecule has 1 aromatic carbocycles. The standard InChI is InChI=1S/C16H23NO/c1-17-12-11-15(14-7-3-2-4-8-14)9-5-6-10-16(15,18)13-17/h2-4,7-8,18H,5-6,9-13H2,1H3/t15-,16+/m1/s1. The second-order valence-electron chi connectivity index (χ2n) is 6.17. The molecule has 1 aliphatic heterocycles. The summed E-state index contributed by atoms with van der Waals surface area (Å²) in [5.41, 5.74) is 0.818. The van der Waals surface area contributed by atoms with Crippen LogP contribution in [0.1, 0.15) is 37.7 Å². The minimum Gasteiger partial charge on any atom is -0.388 e. The quantitative estimate of drug-likeness (QED) is 0.822. The van der Waals surface area contributed by atoms with Gasteiger partial charge in [0.1, 0.15) is 0 Å². The van der Waals surface area contributed by atoms with Crippen molar-refractivity contribution in [1.29, 1.82) is 0 Å². The molecule has 98 valence electrons. The molecule has 0 amide bonds. The molecule has 2 nitrogen and oxygen atoms in total. The van der Waals surface area contributed by atoms with Crippen LogP contribution in [0.25, 0.3) is 0 Å². The van der Waals surface area contributed by atoms with Gasteiger partial charge < -0.3 is 10.0 Å². The minimum atomic E-state index is -0.528. The van der Waals surface area contributed by atoms with E-state index in [0.717, 1.165) is 32.4 Å². The normalized spacial score (nSPS) is 37.2. The fourth-order valence-electron chi connectivity index (χ4n) is 4.13. The Morgan fingerprint density at radius 3 is 2.56 bits per heavy atom. The molecule has 0 bridgehead atoms. The van der Waals surface area contributed by atoms with Gasteiger partial charge in [-0.05, 0) is 38.4 Å². The monoisotopic (exact) mass is 245 g/mol. The third-order valence-electron chi connectivity index (χ3n) is 5.11. The number of aliphatic hydroxyl groups is 1. The number of piperidine rings is 1. The maximum atomic E-state index is 11.2. The van der Waals surface area contributed by atoms with E-state index >= 15 is 0 Å². The molecule has 0 aromatic heterocycles. The summed E-state index contributed by atoms with van der Waals surface area (Å²) >= 11 is 0. The van der Waals surface area contributed by atoms with Crippen molar-refractivity contribution in [1.82, 2.24) is 4.90 Å². The van der Waals surface area contributed by atoms with Gasteiger partial charge in [-0.2, -0.15) is 0 Å². The average Bonchev–Trinajstić information content (AvgIpc) is 2.39. The number of fused-ring (bicyclic) bond motifs is 1. The molecule has 1 aromatic rings. The first-order chi connectivity index (χ1) is 8.66. The molecular formula is C16H23NO. The average molecular weight is 245 g/mol. The molecule has 2 atom stereocenters. The second-order valence-corrected chi connectivity index (χ2v) is 6.17. The summed E-state index contributed by atoms with van der Waals surface area (Å²) in [5.74, 6) is 0. The molecule has 2 fully saturated rings. The first-order valence-electron chi connectivity index (χ1n) is 7.13. The Labute approximate surface area is 110 Å². The van der Waals surface area contributed by atoms with Gasteiger partial charge in [0.2, 0.25) is 0 Å². The summed E-state index contributed by atoms with van der Waals surface area (Å²) in [4.78, 5) is 2.28. The van der Waals surface area contributed by atoms with Crippen molar-refractivity contribution in [3.63, 3.8) is 0 Å². The summed E-state index contributed by atoms with van der Waals surface area (Å²) in [6, 6.07) is 10.7. The van der Waals surface area contributed by atoms with Gasteiger partial charge in [0.15, 0.2) is 0 Å². The van der Waals surface area contributed by atoms with E-state index < -0.39 is 5.60 Å². The molecule has 2 heteroatoms. The zero-order valence-electron chi connectivity index (χ0n) is 11.2. The fourth-order valence-corrected chi connectivity index (χ4v) is 4.13. The van der Waals surface area contributed by atoms with Gasteiger partial charge in [-0.3, -0.25) is 0 Å². The van der Waals surface area contributed by atoms with Crippen molar-refractivity contribution < 1.29 is 5.11 Å². The number of β-amino-alcohol motifs (C(OH)–C–C–N with tert-alkyl or cyclic N) is 1. The Bertz CT molecular complexity index is 418. The van der Waals surface area contributed by atoms with Crippen molar-refractivity contribution in [3.05, 3.63) is 35.9 Å². The molecule has 1 N–H and O–H groups in total. The van der Waals surface area contributed by atoms with Crippen LogP contribution in [0.3, 0.4) is 0 Å². The van der Waals surface area contributed by atoms with Gasteiger partial charge in [-0.1, -0.05) is 43.2 Å². The molecule has 0 unspecified atom stereocenters. The van der Waals surface area contributed by atoms with Crippen LogP contribution in [-0.4, -0.2) is 35.7 Å². The van der Waals surface area contributed by atoms with E-state index in [1.54, 1.807) is 0 Å². The lowest BCUT2D eigenvalue weighted by molar-refractivity contribution is -0.116. The van der Waals surface area contributed by atoms with Gasteiger partial charge in [0.25, 0.3) is 0 Å². The van der Waals surface area contributed by atoms with Gasteiger partial charge in [-0.25, -0.2) is 0 Å². The summed E-state index contributed by atoms with van der Waals surface area (Å²) in [5, 5.41) is 11.2. The molecule has 18 heavy (non-hydrogen) atoms. The van der Waals surface area contributed by atoms with Crippen LogP contribution in [-0.2, 0) is 5.41 Å². The Kier molecular flexibility index (Phi) is 2.95. The molecule has 2 aliphatic rings. The first-order valence-corrected chi connectivity index (χ1v) is 7.13. The lowest BCUT2D eigenvalue weighted by atomic mass is 9.56. The molecule has 3 rings (SSSR count). The van der Waals surface area contributed by atoms with Crippen molar-refractivity contribution in [2.24, 2.45) is 0 Å². The molecule has 1 saturated carbocycles. The Balaban J connectivity index is 2.05. The van der Waals surface area contributed by atoms with E-state index in [2.05, 4.69) is 42.3 Å². The van der Waals surface area contributed by atoms with E-state index in [0.29, 0.717) is 0 Å². The van der Waals surface area contributed by atoms with Crippen LogP contribution in [0.15, 0.2) is 30.3 Å². The molecular weight excluding hydrogens is 222 g/mol. The second kappa shape index (κ2) is 4.36. The third-order valence-corrected chi connectivity index (χ3v) is 5.11. The highest BCUT2D eigenvalue weighted by molar-refractivity contribution is 5.32. The summed E-state index contributed by atoms with van der Waals surface area (Å²) in [6.45, 7) is 1.92. The molecule has 0 radical (unpaired) electrons. The number of hydrogen-bond donors (Lipinski definition) is 1. The zero-order valence-corrected chi connectivity index (χ0v) is 11.2. The maximum absolute atomic E-state index is 11.2. The molecule has 0 spiro atoms. The van der Waals surface area contributed by atoms with Crippen LogP contribution < -0.4 is 0 Å². The van der Waals surface area contributed by atoms with Crippen molar-refractivity contribution in [3.8, 4) is 0 Å². The van der Waals surface area contributed by atoms with E-state index in [1.807, 2.05) is 0 Å². The van der Waals surface area contributed by atoms with Crippen molar-refractivity contribution in [2.45, 2.75) is 43.1 Å². The number of hydrogen-bond acceptors (Lipinski definition) is 2. The van der Waals surface area contributed by atoms with Gasteiger partial charge in [-0.15, -0.1) is 0 Å². The number of benzene rings is 1. The maximum Gasteiger partial charge on any atom is 0.0870 e. The number of likely N-dealkylation sites (N-methyl/N-ethyl adjacent to an activating group) is 1. The van der Waals surface area contributed by atoms with E-state index in [9.17, 15) is 5.11 Å². The smallest absolute Gasteiger partial charge is 0.0870 e. The van der Waals surface area contributed by atoms with Crippen molar-refractivity contribution in [2.75, 3.05) is 20.1 Å². The number of nitrogens with zero attached hydrogens (tertiary/aromatic N) is 1. The Hall–Kier alpha value is -0.860. The largest absolute Gasteiger partial charge is 0.388 e. The van der Waals surface area contributed by atoms with Gasteiger partial charge in [0.05, 0.1) is 5.60 Å². The number of likely N-dealkylation sites (tertiary alicyclic amines) is 1. The fraction of sp³-hybridized carbons (Fsp3) is 0.625. The predicted octanol–water partition coefficient (Wildman–Crippen LogP) is 2.57. The third kappa shape index (κ3) is 1.70. The predicted molar refractivity (Wildman–Crippen MR) is 73.7 cm³/mol. The Morgan fingerprint density at radius 1 is 1.06 bits per heavy atom. The number of rotatable bonds is 1. The molecule has 1 aliphatic carbocycles. The highest BCUT2D eigenvalue weighted by atomic mass is 16.3. The summed E-state index contributed by atoms with van der Waals surface area (Å²) in [6.07, 6.45) is 5.59. The summed E-state index contributed by atoms with van der Waals surface area (Å²) < 4.78 is 0. The van der Waals surface area contributed by atoms with Gasteiger partial charge >= 0.3 is 0 Å². The van der Waals surface area contributed by atoms with Gasteiger partial charge in [0, 0.05) is 12.0 Å².